The van der Waals surface area contributed by atoms with Gasteiger partial charge in [-0.15, -0.1) is 0 Å². The fourth-order valence-electron chi connectivity index (χ4n) is 2.69. The summed E-state index contributed by atoms with van der Waals surface area (Å²) in [5.74, 6) is 1.69. The van der Waals surface area contributed by atoms with Gasteiger partial charge in [-0.05, 0) is 38.4 Å². The van der Waals surface area contributed by atoms with Gasteiger partial charge in [0.25, 0.3) is 0 Å². The number of imidazole rings is 1. The molecule has 100 valence electrons. The van der Waals surface area contributed by atoms with Gasteiger partial charge in [-0.1, -0.05) is 6.07 Å². The lowest BCUT2D eigenvalue weighted by atomic mass is 10.1. The Morgan fingerprint density at radius 2 is 2.16 bits per heavy atom. The maximum absolute atomic E-state index is 4.46. The maximum atomic E-state index is 4.46. The van der Waals surface area contributed by atoms with E-state index in [4.69, 9.17) is 0 Å². The third kappa shape index (κ3) is 2.84. The van der Waals surface area contributed by atoms with Gasteiger partial charge in [-0.3, -0.25) is 9.88 Å². The normalized spacial score (nSPS) is 20.0. The van der Waals surface area contributed by atoms with Crippen molar-refractivity contribution in [1.29, 1.82) is 0 Å². The first-order chi connectivity index (χ1) is 9.20. The van der Waals surface area contributed by atoms with Crippen LogP contribution in [0, 0.1) is 13.8 Å². The molecule has 0 saturated carbocycles. The van der Waals surface area contributed by atoms with Gasteiger partial charge in [-0.25, -0.2) is 4.98 Å². The van der Waals surface area contributed by atoms with Crippen LogP contribution in [0.2, 0.25) is 0 Å². The summed E-state index contributed by atoms with van der Waals surface area (Å²) in [5.41, 5.74) is 3.52. The van der Waals surface area contributed by atoms with Gasteiger partial charge in [-0.2, -0.15) is 0 Å². The molecule has 0 unspecified atom stereocenters. The molecule has 4 heteroatoms. The summed E-state index contributed by atoms with van der Waals surface area (Å²) >= 11 is 0. The van der Waals surface area contributed by atoms with Crippen LogP contribution in [0.15, 0.2) is 24.5 Å². The molecule has 4 nitrogen and oxygen atoms in total. The SMILES string of the molecule is Cc1ccc(CN2CC[C@H](c3ncc(C)[nH]3)C2)cn1. The number of hydrogen-bond acceptors (Lipinski definition) is 3. The lowest BCUT2D eigenvalue weighted by Crippen LogP contribution is -2.20. The zero-order chi connectivity index (χ0) is 13.2. The number of pyridine rings is 1. The van der Waals surface area contributed by atoms with Gasteiger partial charge in [0.2, 0.25) is 0 Å². The minimum atomic E-state index is 0.548. The van der Waals surface area contributed by atoms with Crippen molar-refractivity contribution in [3.8, 4) is 0 Å². The van der Waals surface area contributed by atoms with E-state index >= 15 is 0 Å². The molecule has 1 aliphatic heterocycles. The van der Waals surface area contributed by atoms with Crippen molar-refractivity contribution in [3.05, 3.63) is 47.3 Å². The van der Waals surface area contributed by atoms with Crippen LogP contribution in [-0.4, -0.2) is 32.9 Å². The first kappa shape index (κ1) is 12.4. The number of nitrogens with zero attached hydrogens (tertiary/aromatic N) is 3. The van der Waals surface area contributed by atoms with Crippen LogP contribution in [0.5, 0.6) is 0 Å². The highest BCUT2D eigenvalue weighted by molar-refractivity contribution is 5.14. The van der Waals surface area contributed by atoms with E-state index in [0.29, 0.717) is 5.92 Å². The maximum Gasteiger partial charge on any atom is 0.110 e. The van der Waals surface area contributed by atoms with E-state index in [0.717, 1.165) is 36.8 Å². The van der Waals surface area contributed by atoms with Crippen molar-refractivity contribution in [2.45, 2.75) is 32.7 Å². The van der Waals surface area contributed by atoms with E-state index in [9.17, 15) is 0 Å². The Hall–Kier alpha value is -1.68. The van der Waals surface area contributed by atoms with Gasteiger partial charge in [0, 0.05) is 42.8 Å². The summed E-state index contributed by atoms with van der Waals surface area (Å²) in [6.07, 6.45) is 5.09. The summed E-state index contributed by atoms with van der Waals surface area (Å²) in [6.45, 7) is 7.29. The van der Waals surface area contributed by atoms with Crippen LogP contribution < -0.4 is 0 Å². The number of nitrogens with one attached hydrogen (secondary N) is 1. The molecule has 0 spiro atoms. The Morgan fingerprint density at radius 1 is 1.26 bits per heavy atom. The highest BCUT2D eigenvalue weighted by Gasteiger charge is 2.25. The number of aromatic amines is 1. The monoisotopic (exact) mass is 256 g/mol. The summed E-state index contributed by atoms with van der Waals surface area (Å²) in [4.78, 5) is 14.7. The van der Waals surface area contributed by atoms with Crippen molar-refractivity contribution >= 4 is 0 Å². The quantitative estimate of drug-likeness (QED) is 0.917. The van der Waals surface area contributed by atoms with E-state index in [-0.39, 0.29) is 0 Å². The fraction of sp³-hybridized carbons (Fsp3) is 0.467. The van der Waals surface area contributed by atoms with Crippen molar-refractivity contribution < 1.29 is 0 Å². The lowest BCUT2D eigenvalue weighted by molar-refractivity contribution is 0.325. The summed E-state index contributed by atoms with van der Waals surface area (Å²) in [5, 5.41) is 0. The average molecular weight is 256 g/mol. The predicted molar refractivity (Wildman–Crippen MR) is 74.9 cm³/mol. The number of H-pyrrole nitrogens is 1. The molecule has 1 atom stereocenters. The van der Waals surface area contributed by atoms with Crippen LogP contribution in [0.3, 0.4) is 0 Å². The molecule has 2 aromatic heterocycles. The molecule has 1 saturated heterocycles. The smallest absolute Gasteiger partial charge is 0.110 e. The van der Waals surface area contributed by atoms with Crippen molar-refractivity contribution in [3.63, 3.8) is 0 Å². The Balaban J connectivity index is 1.61. The molecule has 19 heavy (non-hydrogen) atoms. The van der Waals surface area contributed by atoms with Crippen molar-refractivity contribution in [2.75, 3.05) is 13.1 Å². The highest BCUT2D eigenvalue weighted by Crippen LogP contribution is 2.26. The molecule has 1 fully saturated rings. The van der Waals surface area contributed by atoms with E-state index < -0.39 is 0 Å². The van der Waals surface area contributed by atoms with Gasteiger partial charge in [0.05, 0.1) is 0 Å². The van der Waals surface area contributed by atoms with Gasteiger partial charge >= 0.3 is 0 Å². The van der Waals surface area contributed by atoms with Gasteiger partial charge in [0.1, 0.15) is 5.82 Å². The second-order valence-electron chi connectivity index (χ2n) is 5.48. The first-order valence-corrected chi connectivity index (χ1v) is 6.86. The third-order valence-electron chi connectivity index (χ3n) is 3.76. The lowest BCUT2D eigenvalue weighted by Gasteiger charge is -2.15. The largest absolute Gasteiger partial charge is 0.346 e. The van der Waals surface area contributed by atoms with Crippen LogP contribution in [0.4, 0.5) is 0 Å². The fourth-order valence-corrected chi connectivity index (χ4v) is 2.69. The van der Waals surface area contributed by atoms with Crippen molar-refractivity contribution in [2.24, 2.45) is 0 Å². The molecule has 3 heterocycles. The minimum absolute atomic E-state index is 0.548. The molecular formula is C15H20N4. The molecule has 1 N–H and O–H groups in total. The number of likely N-dealkylation sites (tertiary alicyclic amines) is 1. The third-order valence-corrected chi connectivity index (χ3v) is 3.76. The molecule has 0 radical (unpaired) electrons. The Kier molecular flexibility index (Phi) is 3.34. The van der Waals surface area contributed by atoms with Gasteiger partial charge < -0.3 is 4.98 Å². The summed E-state index contributed by atoms with van der Waals surface area (Å²) in [6, 6.07) is 4.26. The van der Waals surface area contributed by atoms with E-state index in [2.05, 4.69) is 38.9 Å². The van der Waals surface area contributed by atoms with E-state index in [1.807, 2.05) is 19.3 Å². The summed E-state index contributed by atoms with van der Waals surface area (Å²) < 4.78 is 0. The van der Waals surface area contributed by atoms with Crippen molar-refractivity contribution in [1.82, 2.24) is 19.9 Å². The zero-order valence-corrected chi connectivity index (χ0v) is 11.6. The molecular weight excluding hydrogens is 236 g/mol. The van der Waals surface area contributed by atoms with Crippen LogP contribution >= 0.6 is 0 Å². The Morgan fingerprint density at radius 3 is 2.84 bits per heavy atom. The van der Waals surface area contributed by atoms with Crippen LogP contribution in [-0.2, 0) is 6.54 Å². The molecule has 0 aliphatic carbocycles. The summed E-state index contributed by atoms with van der Waals surface area (Å²) in [7, 11) is 0. The minimum Gasteiger partial charge on any atom is -0.346 e. The second kappa shape index (κ2) is 5.13. The van der Waals surface area contributed by atoms with Crippen LogP contribution in [0.1, 0.15) is 35.1 Å². The zero-order valence-electron chi connectivity index (χ0n) is 11.6. The number of aromatic nitrogens is 3. The molecule has 3 rings (SSSR count). The molecule has 0 bridgehead atoms. The Labute approximate surface area is 113 Å². The highest BCUT2D eigenvalue weighted by atomic mass is 15.2. The topological polar surface area (TPSA) is 44.8 Å². The van der Waals surface area contributed by atoms with Crippen LogP contribution in [0.25, 0.3) is 0 Å². The number of hydrogen-bond donors (Lipinski definition) is 1. The van der Waals surface area contributed by atoms with E-state index in [1.54, 1.807) is 0 Å². The Bertz CT molecular complexity index is 544. The number of rotatable bonds is 3. The molecule has 1 aliphatic rings. The second-order valence-corrected chi connectivity index (χ2v) is 5.48. The van der Waals surface area contributed by atoms with Gasteiger partial charge in [0.15, 0.2) is 0 Å². The van der Waals surface area contributed by atoms with E-state index in [1.165, 1.54) is 12.0 Å². The average Bonchev–Trinajstić information content (AvgIpc) is 3.01. The molecule has 0 aromatic carbocycles. The standard InChI is InChI=1S/C15H20N4/c1-11-3-4-13(8-16-11)9-19-6-5-14(10-19)15-17-7-12(2)18-15/h3-4,7-8,14H,5-6,9-10H2,1-2H3,(H,17,18)/t14-/m0/s1. The first-order valence-electron chi connectivity index (χ1n) is 6.86. The molecule has 2 aromatic rings. The predicted octanol–water partition coefficient (Wildman–Crippen LogP) is 2.41. The number of aryl methyl sites for hydroxylation is 2. The molecule has 0 amide bonds.